The molecule has 0 amide bonds. The monoisotopic (exact) mass is 517 g/mol. The molecular weight excluding hydrogens is 496 g/mol. The maximum Gasteiger partial charge on any atom is 0.188 e. The Bertz CT molecular complexity index is 1690. The molecule has 1 spiro atoms. The molecule has 190 valence electrons. The van der Waals surface area contributed by atoms with Crippen molar-refractivity contribution >= 4 is 29.1 Å². The number of carbonyl (C=O) groups is 3. The predicted octanol–water partition coefficient (Wildman–Crippen LogP) is 6.28. The molecule has 0 bridgehead atoms. The Morgan fingerprint density at radius 3 is 2.05 bits per heavy atom. The molecule has 1 fully saturated rings. The van der Waals surface area contributed by atoms with Crippen LogP contribution in [0.5, 0.6) is 0 Å². The van der Waals surface area contributed by atoms with Gasteiger partial charge in [-0.15, -0.1) is 0 Å². The number of ketones is 3. The molecule has 1 saturated heterocycles. The third-order valence-corrected chi connectivity index (χ3v) is 8.35. The van der Waals surface area contributed by atoms with Gasteiger partial charge in [-0.1, -0.05) is 78.9 Å². The van der Waals surface area contributed by atoms with E-state index in [9.17, 15) is 18.8 Å². The van der Waals surface area contributed by atoms with E-state index in [1.54, 1.807) is 41.3 Å². The number of nitrogens with zero attached hydrogens (tertiary/aromatic N) is 1. The van der Waals surface area contributed by atoms with Gasteiger partial charge in [0, 0.05) is 22.7 Å². The zero-order chi connectivity index (χ0) is 26.9. The summed E-state index contributed by atoms with van der Waals surface area (Å²) in [6.45, 7) is 0. The van der Waals surface area contributed by atoms with Crippen molar-refractivity contribution in [3.05, 3.63) is 143 Å². The molecule has 2 heterocycles. The molecule has 0 N–H and O–H groups in total. The second-order valence-electron chi connectivity index (χ2n) is 10.2. The van der Waals surface area contributed by atoms with E-state index in [1.807, 2.05) is 30.3 Å². The highest BCUT2D eigenvalue weighted by Gasteiger charge is 2.71. The fourth-order valence-corrected chi connectivity index (χ4v) is 6.78. The summed E-state index contributed by atoms with van der Waals surface area (Å²) in [5.41, 5.74) is 0.679. The number of anilines is 1. The summed E-state index contributed by atoms with van der Waals surface area (Å²) in [6.07, 6.45) is 3.66. The lowest BCUT2D eigenvalue weighted by Gasteiger charge is -2.37. The zero-order valence-corrected chi connectivity index (χ0v) is 20.6. The molecule has 1 aliphatic carbocycles. The molecule has 2 aliphatic heterocycles. The summed E-state index contributed by atoms with van der Waals surface area (Å²) in [5, 5.41) is 0. The van der Waals surface area contributed by atoms with Crippen LogP contribution in [0.15, 0.2) is 103 Å². The smallest absolute Gasteiger partial charge is 0.188 e. The standard InChI is InChI=1S/C33H21F2NO3/c34-21-16-13-20(14-17-21)28-29(30(37)24-10-4-5-11-25(24)35)36-26-12-6-1-7-19(26)15-18-27(36)33(28)31(38)22-8-2-3-9-23(22)32(33)39/h1-18,27-29H/t27-,28-,29+/m1/s1. The number of fused-ring (bicyclic) bond motifs is 5. The van der Waals surface area contributed by atoms with E-state index in [0.29, 0.717) is 22.4 Å². The minimum atomic E-state index is -1.71. The molecule has 0 aromatic heterocycles. The largest absolute Gasteiger partial charge is 0.352 e. The summed E-state index contributed by atoms with van der Waals surface area (Å²) in [7, 11) is 0. The Hall–Kier alpha value is -4.71. The van der Waals surface area contributed by atoms with E-state index < -0.39 is 40.8 Å². The van der Waals surface area contributed by atoms with E-state index in [1.165, 1.54) is 42.5 Å². The average molecular weight is 518 g/mol. The van der Waals surface area contributed by atoms with Gasteiger partial charge < -0.3 is 4.90 Å². The first-order chi connectivity index (χ1) is 18.9. The van der Waals surface area contributed by atoms with Gasteiger partial charge in [0.15, 0.2) is 17.3 Å². The first-order valence-corrected chi connectivity index (χ1v) is 12.7. The molecule has 4 aromatic carbocycles. The zero-order valence-electron chi connectivity index (χ0n) is 20.6. The first-order valence-electron chi connectivity index (χ1n) is 12.7. The molecule has 6 heteroatoms. The summed E-state index contributed by atoms with van der Waals surface area (Å²) in [6, 6.07) is 23.4. The third kappa shape index (κ3) is 3.05. The van der Waals surface area contributed by atoms with Crippen LogP contribution in [-0.4, -0.2) is 29.4 Å². The minimum Gasteiger partial charge on any atom is -0.352 e. The second kappa shape index (κ2) is 8.40. The van der Waals surface area contributed by atoms with Crippen LogP contribution in [0.25, 0.3) is 6.08 Å². The number of halogens is 2. The first kappa shape index (κ1) is 23.4. The number of rotatable bonds is 3. The molecular formula is C33H21F2NO3. The molecule has 0 radical (unpaired) electrons. The second-order valence-corrected chi connectivity index (χ2v) is 10.2. The van der Waals surface area contributed by atoms with Crippen molar-refractivity contribution in [3.8, 4) is 0 Å². The van der Waals surface area contributed by atoms with Crippen LogP contribution in [0.2, 0.25) is 0 Å². The fraction of sp³-hybridized carbons (Fsp3) is 0.121. The molecule has 39 heavy (non-hydrogen) atoms. The summed E-state index contributed by atoms with van der Waals surface area (Å²) < 4.78 is 29.2. The van der Waals surface area contributed by atoms with Crippen LogP contribution in [0.3, 0.4) is 0 Å². The minimum absolute atomic E-state index is 0.132. The van der Waals surface area contributed by atoms with Gasteiger partial charge in [-0.25, -0.2) is 8.78 Å². The highest BCUT2D eigenvalue weighted by atomic mass is 19.1. The Morgan fingerprint density at radius 2 is 1.36 bits per heavy atom. The molecule has 0 unspecified atom stereocenters. The average Bonchev–Trinajstić information content (AvgIpc) is 3.40. The summed E-state index contributed by atoms with van der Waals surface area (Å²) >= 11 is 0. The fourth-order valence-electron chi connectivity index (χ4n) is 6.78. The van der Waals surface area contributed by atoms with Crippen molar-refractivity contribution in [3.63, 3.8) is 0 Å². The van der Waals surface area contributed by atoms with Gasteiger partial charge in [-0.2, -0.15) is 0 Å². The van der Waals surface area contributed by atoms with Gasteiger partial charge >= 0.3 is 0 Å². The normalized spacial score (nSPS) is 22.1. The molecule has 3 aliphatic rings. The molecule has 3 atom stereocenters. The van der Waals surface area contributed by atoms with E-state index in [2.05, 4.69) is 0 Å². The third-order valence-electron chi connectivity index (χ3n) is 8.35. The Morgan fingerprint density at radius 1 is 0.744 bits per heavy atom. The Balaban J connectivity index is 1.56. The van der Waals surface area contributed by atoms with Gasteiger partial charge in [0.2, 0.25) is 0 Å². The lowest BCUT2D eigenvalue weighted by molar-refractivity contribution is 0.0666. The maximum absolute atomic E-state index is 15.1. The van der Waals surface area contributed by atoms with E-state index in [0.717, 1.165) is 5.56 Å². The summed E-state index contributed by atoms with van der Waals surface area (Å²) in [5.74, 6) is -3.52. The van der Waals surface area contributed by atoms with Crippen LogP contribution in [0.1, 0.15) is 48.1 Å². The van der Waals surface area contributed by atoms with Crippen molar-refractivity contribution < 1.29 is 23.2 Å². The van der Waals surface area contributed by atoms with Crippen LogP contribution in [0.4, 0.5) is 14.5 Å². The van der Waals surface area contributed by atoms with Gasteiger partial charge in [0.05, 0.1) is 11.6 Å². The predicted molar refractivity (Wildman–Crippen MR) is 143 cm³/mol. The van der Waals surface area contributed by atoms with Crippen LogP contribution >= 0.6 is 0 Å². The maximum atomic E-state index is 15.1. The quantitative estimate of drug-likeness (QED) is 0.237. The lowest BCUT2D eigenvalue weighted by atomic mass is 9.64. The summed E-state index contributed by atoms with van der Waals surface area (Å²) in [4.78, 5) is 45.2. The SMILES string of the molecule is O=C(c1ccccc1F)[C@@H]1[C@@H](c2ccc(F)cc2)C2(C(=O)c3ccccc3C2=O)[C@H]2C=Cc3ccccc3N12. The van der Waals surface area contributed by atoms with E-state index in [-0.39, 0.29) is 17.1 Å². The van der Waals surface area contributed by atoms with E-state index in [4.69, 9.17) is 0 Å². The van der Waals surface area contributed by atoms with Crippen LogP contribution in [-0.2, 0) is 0 Å². The van der Waals surface area contributed by atoms with Gasteiger partial charge in [0.25, 0.3) is 0 Å². The number of hydrogen-bond acceptors (Lipinski definition) is 4. The van der Waals surface area contributed by atoms with Crippen molar-refractivity contribution in [1.82, 2.24) is 0 Å². The number of Topliss-reactive ketones (excluding diaryl/α,β-unsaturated/α-hetero) is 3. The Labute approximate surface area is 223 Å². The lowest BCUT2D eigenvalue weighted by Crippen LogP contribution is -2.48. The Kier molecular flexibility index (Phi) is 5.04. The molecule has 4 aromatic rings. The van der Waals surface area contributed by atoms with Crippen LogP contribution in [0, 0.1) is 17.0 Å². The van der Waals surface area contributed by atoms with Gasteiger partial charge in [-0.05, 0) is 41.5 Å². The van der Waals surface area contributed by atoms with Crippen molar-refractivity contribution in [2.45, 2.75) is 18.0 Å². The highest BCUT2D eigenvalue weighted by Crippen LogP contribution is 2.61. The number of benzene rings is 4. The molecule has 7 rings (SSSR count). The number of carbonyl (C=O) groups excluding carboxylic acids is 3. The van der Waals surface area contributed by atoms with Gasteiger partial charge in [-0.3, -0.25) is 14.4 Å². The van der Waals surface area contributed by atoms with Gasteiger partial charge in [0.1, 0.15) is 23.1 Å². The highest BCUT2D eigenvalue weighted by molar-refractivity contribution is 6.32. The number of hydrogen-bond donors (Lipinski definition) is 0. The van der Waals surface area contributed by atoms with Crippen molar-refractivity contribution in [2.75, 3.05) is 4.90 Å². The van der Waals surface area contributed by atoms with Crippen molar-refractivity contribution in [2.24, 2.45) is 5.41 Å². The molecule has 4 nitrogen and oxygen atoms in total. The number of para-hydroxylation sites is 1. The molecule has 0 saturated carbocycles. The van der Waals surface area contributed by atoms with Crippen molar-refractivity contribution in [1.29, 1.82) is 0 Å². The topological polar surface area (TPSA) is 54.5 Å². The van der Waals surface area contributed by atoms with Crippen LogP contribution < -0.4 is 4.90 Å². The van der Waals surface area contributed by atoms with E-state index >= 15 is 4.39 Å².